The van der Waals surface area contributed by atoms with E-state index < -0.39 is 11.7 Å². The lowest BCUT2D eigenvalue weighted by Gasteiger charge is -2.34. The molecule has 1 unspecified atom stereocenters. The van der Waals surface area contributed by atoms with Crippen molar-refractivity contribution in [2.75, 3.05) is 35.3 Å². The lowest BCUT2D eigenvalue weighted by atomic mass is 10.2. The van der Waals surface area contributed by atoms with Gasteiger partial charge in [-0.1, -0.05) is 0 Å². The van der Waals surface area contributed by atoms with Gasteiger partial charge < -0.3 is 10.2 Å². The minimum atomic E-state index is -4.35. The molecule has 2 rings (SSSR count). The van der Waals surface area contributed by atoms with Crippen LogP contribution in [-0.4, -0.2) is 36.1 Å². The van der Waals surface area contributed by atoms with Crippen LogP contribution in [0.5, 0.6) is 0 Å². The topological polar surface area (TPSA) is 28.2 Å². The maximum Gasteiger partial charge on any atom is 0.416 e. The van der Waals surface area contributed by atoms with Crippen LogP contribution in [0.25, 0.3) is 0 Å². The van der Waals surface area contributed by atoms with Crippen molar-refractivity contribution < 1.29 is 13.2 Å². The van der Waals surface area contributed by atoms with Crippen molar-refractivity contribution in [2.45, 2.75) is 19.1 Å². The van der Waals surface area contributed by atoms with E-state index in [0.29, 0.717) is 5.82 Å². The molecule has 0 saturated carbocycles. The van der Waals surface area contributed by atoms with Gasteiger partial charge in [-0.15, -0.1) is 0 Å². The summed E-state index contributed by atoms with van der Waals surface area (Å²) in [6.45, 7) is 2.73. The number of alkyl halides is 3. The lowest BCUT2D eigenvalue weighted by molar-refractivity contribution is -0.137. The van der Waals surface area contributed by atoms with Crippen LogP contribution in [0, 0.1) is 0 Å². The van der Waals surface area contributed by atoms with Crippen molar-refractivity contribution in [1.82, 2.24) is 4.98 Å². The first-order chi connectivity index (χ1) is 8.91. The predicted molar refractivity (Wildman–Crippen MR) is 72.9 cm³/mol. The van der Waals surface area contributed by atoms with Crippen LogP contribution >= 0.6 is 11.8 Å². The van der Waals surface area contributed by atoms with Crippen molar-refractivity contribution in [3.8, 4) is 0 Å². The number of nitrogens with one attached hydrogen (secondary N) is 1. The summed E-state index contributed by atoms with van der Waals surface area (Å²) in [6, 6.07) is 2.36. The van der Waals surface area contributed by atoms with E-state index in [0.717, 1.165) is 30.2 Å². The Bertz CT molecular complexity index is 450. The fourth-order valence-corrected chi connectivity index (χ4v) is 3.04. The third kappa shape index (κ3) is 3.26. The number of thioether (sulfide) groups is 1. The molecule has 1 atom stereocenters. The van der Waals surface area contributed by atoms with Crippen molar-refractivity contribution in [3.63, 3.8) is 0 Å². The average Bonchev–Trinajstić information content (AvgIpc) is 2.37. The number of pyridine rings is 1. The second kappa shape index (κ2) is 5.48. The van der Waals surface area contributed by atoms with Crippen LogP contribution < -0.4 is 10.2 Å². The Morgan fingerprint density at radius 3 is 2.74 bits per heavy atom. The largest absolute Gasteiger partial charge is 0.416 e. The maximum atomic E-state index is 12.9. The molecule has 0 aromatic carbocycles. The van der Waals surface area contributed by atoms with Crippen molar-refractivity contribution in [3.05, 3.63) is 17.7 Å². The zero-order valence-electron chi connectivity index (χ0n) is 10.8. The molecule has 1 N–H and O–H groups in total. The molecule has 0 radical (unpaired) electrons. The molecule has 1 saturated heterocycles. The molecule has 19 heavy (non-hydrogen) atoms. The highest BCUT2D eigenvalue weighted by Gasteiger charge is 2.32. The highest BCUT2D eigenvalue weighted by Crippen LogP contribution is 2.34. The summed E-state index contributed by atoms with van der Waals surface area (Å²) in [7, 11) is 1.57. The highest BCUT2D eigenvalue weighted by molar-refractivity contribution is 7.99. The van der Waals surface area contributed by atoms with Gasteiger partial charge in [-0.3, -0.25) is 0 Å². The molecule has 7 heteroatoms. The van der Waals surface area contributed by atoms with Crippen LogP contribution in [-0.2, 0) is 6.18 Å². The summed E-state index contributed by atoms with van der Waals surface area (Å²) in [4.78, 5) is 6.18. The standard InChI is InChI=1S/C12H16F3N3S/c1-8-7-19-4-3-18(8)11-6-9(12(13,14)15)5-10(16-2)17-11/h5-6,8H,3-4,7H2,1-2H3,(H,16,17). The number of hydrogen-bond acceptors (Lipinski definition) is 4. The normalized spacial score (nSPS) is 20.5. The Kier molecular flexibility index (Phi) is 4.13. The van der Waals surface area contributed by atoms with Crippen molar-refractivity contribution in [2.24, 2.45) is 0 Å². The SMILES string of the molecule is CNc1cc(C(F)(F)F)cc(N2CCSCC2C)n1. The van der Waals surface area contributed by atoms with E-state index in [1.165, 1.54) is 0 Å². The maximum absolute atomic E-state index is 12.9. The van der Waals surface area contributed by atoms with E-state index in [2.05, 4.69) is 10.3 Å². The summed E-state index contributed by atoms with van der Waals surface area (Å²) in [5, 5.41) is 2.69. The van der Waals surface area contributed by atoms with Gasteiger partial charge in [-0.05, 0) is 19.1 Å². The van der Waals surface area contributed by atoms with Gasteiger partial charge in [0.05, 0.1) is 5.56 Å². The van der Waals surface area contributed by atoms with Crippen LogP contribution in [0.15, 0.2) is 12.1 Å². The molecule has 106 valence electrons. The third-order valence-corrected chi connectivity index (χ3v) is 4.25. The number of halogens is 3. The summed E-state index contributed by atoms with van der Waals surface area (Å²) in [6.07, 6.45) is -4.35. The first-order valence-electron chi connectivity index (χ1n) is 6.03. The molecule has 1 aromatic heterocycles. The van der Waals surface area contributed by atoms with Crippen LogP contribution in [0.4, 0.5) is 24.8 Å². The van der Waals surface area contributed by atoms with Gasteiger partial charge in [0, 0.05) is 31.1 Å². The van der Waals surface area contributed by atoms with Gasteiger partial charge in [0.2, 0.25) is 0 Å². The Labute approximate surface area is 114 Å². The van der Waals surface area contributed by atoms with E-state index >= 15 is 0 Å². The molecular formula is C12H16F3N3S. The fraction of sp³-hybridized carbons (Fsp3) is 0.583. The van der Waals surface area contributed by atoms with Crippen LogP contribution in [0.3, 0.4) is 0 Å². The second-order valence-corrected chi connectivity index (χ2v) is 5.61. The van der Waals surface area contributed by atoms with E-state index in [1.54, 1.807) is 7.05 Å². The van der Waals surface area contributed by atoms with Crippen LogP contribution in [0.2, 0.25) is 0 Å². The average molecular weight is 291 g/mol. The number of anilines is 2. The Morgan fingerprint density at radius 1 is 1.42 bits per heavy atom. The summed E-state index contributed by atoms with van der Waals surface area (Å²) < 4.78 is 38.6. The van der Waals surface area contributed by atoms with Gasteiger partial charge in [0.15, 0.2) is 0 Å². The number of aromatic nitrogens is 1. The summed E-state index contributed by atoms with van der Waals surface area (Å²) in [5.41, 5.74) is -0.660. The second-order valence-electron chi connectivity index (χ2n) is 4.46. The van der Waals surface area contributed by atoms with E-state index in [1.807, 2.05) is 23.6 Å². The zero-order chi connectivity index (χ0) is 14.0. The van der Waals surface area contributed by atoms with Gasteiger partial charge in [0.25, 0.3) is 0 Å². The molecule has 1 aliphatic rings. The molecule has 1 aromatic rings. The summed E-state index contributed by atoms with van der Waals surface area (Å²) >= 11 is 1.81. The minimum Gasteiger partial charge on any atom is -0.373 e. The molecule has 1 fully saturated rings. The number of nitrogens with zero attached hydrogens (tertiary/aromatic N) is 2. The minimum absolute atomic E-state index is 0.194. The highest BCUT2D eigenvalue weighted by atomic mass is 32.2. The first-order valence-corrected chi connectivity index (χ1v) is 7.18. The Hall–Kier alpha value is -1.11. The number of rotatable bonds is 2. The first kappa shape index (κ1) is 14.3. The predicted octanol–water partition coefficient (Wildman–Crippen LogP) is 3.08. The Morgan fingerprint density at radius 2 is 2.16 bits per heavy atom. The number of hydrogen-bond donors (Lipinski definition) is 1. The van der Waals surface area contributed by atoms with Crippen molar-refractivity contribution >= 4 is 23.4 Å². The molecule has 2 heterocycles. The molecule has 0 aliphatic carbocycles. The smallest absolute Gasteiger partial charge is 0.373 e. The van der Waals surface area contributed by atoms with Crippen molar-refractivity contribution in [1.29, 1.82) is 0 Å². The molecule has 0 spiro atoms. The molecular weight excluding hydrogens is 275 g/mol. The summed E-state index contributed by atoms with van der Waals surface area (Å²) in [5.74, 6) is 2.46. The quantitative estimate of drug-likeness (QED) is 0.906. The van der Waals surface area contributed by atoms with Crippen LogP contribution in [0.1, 0.15) is 12.5 Å². The molecule has 0 amide bonds. The van der Waals surface area contributed by atoms with E-state index in [9.17, 15) is 13.2 Å². The Balaban J connectivity index is 2.39. The van der Waals surface area contributed by atoms with E-state index in [-0.39, 0.29) is 11.9 Å². The fourth-order valence-electron chi connectivity index (χ4n) is 2.02. The lowest BCUT2D eigenvalue weighted by Crippen LogP contribution is -2.41. The van der Waals surface area contributed by atoms with Gasteiger partial charge in [-0.25, -0.2) is 4.98 Å². The molecule has 0 bridgehead atoms. The monoisotopic (exact) mass is 291 g/mol. The van der Waals surface area contributed by atoms with Gasteiger partial charge in [0.1, 0.15) is 11.6 Å². The molecule has 1 aliphatic heterocycles. The zero-order valence-corrected chi connectivity index (χ0v) is 11.6. The van der Waals surface area contributed by atoms with E-state index in [4.69, 9.17) is 0 Å². The van der Waals surface area contributed by atoms with Gasteiger partial charge in [-0.2, -0.15) is 24.9 Å². The third-order valence-electron chi connectivity index (χ3n) is 3.06. The van der Waals surface area contributed by atoms with Gasteiger partial charge >= 0.3 is 6.18 Å². The molecule has 3 nitrogen and oxygen atoms in total.